The minimum absolute atomic E-state index is 0.0537. The number of halogens is 3. The fourth-order valence-corrected chi connectivity index (χ4v) is 5.01. The molecule has 1 atom stereocenters. The lowest BCUT2D eigenvalue weighted by molar-refractivity contribution is 0.492. The Balaban J connectivity index is 2.19. The molecule has 1 aliphatic rings. The van der Waals surface area contributed by atoms with E-state index in [2.05, 4.69) is 20.7 Å². The van der Waals surface area contributed by atoms with Crippen molar-refractivity contribution in [2.75, 3.05) is 6.54 Å². The number of nitrogens with one attached hydrogen (secondary N) is 1. The van der Waals surface area contributed by atoms with Crippen LogP contribution < -0.4 is 4.72 Å². The van der Waals surface area contributed by atoms with Crippen LogP contribution in [0, 0.1) is 11.8 Å². The first-order valence-corrected chi connectivity index (χ1v) is 8.98. The van der Waals surface area contributed by atoms with E-state index in [1.54, 1.807) is 0 Å². The highest BCUT2D eigenvalue weighted by Gasteiger charge is 2.30. The molecule has 1 N–H and O–H groups in total. The molecule has 0 amide bonds. The van der Waals surface area contributed by atoms with Crippen LogP contribution in [-0.4, -0.2) is 15.0 Å². The highest BCUT2D eigenvalue weighted by Crippen LogP contribution is 2.37. The van der Waals surface area contributed by atoms with Gasteiger partial charge >= 0.3 is 0 Å². The molecule has 1 fully saturated rings. The van der Waals surface area contributed by atoms with E-state index in [4.69, 9.17) is 23.2 Å². The van der Waals surface area contributed by atoms with Gasteiger partial charge in [-0.2, -0.15) is 0 Å². The summed E-state index contributed by atoms with van der Waals surface area (Å²) in [4.78, 5) is -0.0537. The molecule has 1 aromatic rings. The molecule has 2 rings (SSSR count). The fourth-order valence-electron chi connectivity index (χ4n) is 1.93. The molecule has 0 bridgehead atoms. The molecule has 1 aliphatic carbocycles. The zero-order valence-corrected chi connectivity index (χ0v) is 14.2. The molecule has 1 aromatic carbocycles. The highest BCUT2D eigenvalue weighted by atomic mass is 79.9. The molecule has 0 aliphatic heterocycles. The summed E-state index contributed by atoms with van der Waals surface area (Å²) in [7, 11) is -3.67. The average Bonchev–Trinajstić information content (AvgIpc) is 3.07. The van der Waals surface area contributed by atoms with Gasteiger partial charge in [-0.3, -0.25) is 0 Å². The van der Waals surface area contributed by atoms with Crippen LogP contribution >= 0.6 is 39.1 Å². The Labute approximate surface area is 131 Å². The predicted octanol–water partition coefficient (Wildman–Crippen LogP) is 4.08. The Bertz CT molecular complexity index is 564. The van der Waals surface area contributed by atoms with Crippen LogP contribution in [0.2, 0.25) is 10.0 Å². The minimum atomic E-state index is -3.67. The van der Waals surface area contributed by atoms with Crippen molar-refractivity contribution >= 4 is 49.2 Å². The smallest absolute Gasteiger partial charge is 0.211 e. The highest BCUT2D eigenvalue weighted by molar-refractivity contribution is 9.10. The standard InChI is InChI=1S/C12H14BrCl2NO2S/c1-7(8-2-3-8)6-16-19(17,18)12-10(14)4-9(13)5-11(12)15/h4-5,7-8,16H,2-3,6H2,1H3. The lowest BCUT2D eigenvalue weighted by atomic mass is 10.1. The van der Waals surface area contributed by atoms with Crippen molar-refractivity contribution in [3.05, 3.63) is 26.7 Å². The van der Waals surface area contributed by atoms with Crippen LogP contribution in [0.1, 0.15) is 19.8 Å². The zero-order valence-electron chi connectivity index (χ0n) is 10.3. The Hall–Kier alpha value is 0.190. The van der Waals surface area contributed by atoms with Crippen LogP contribution in [0.4, 0.5) is 0 Å². The normalized spacial score (nSPS) is 17.5. The summed E-state index contributed by atoms with van der Waals surface area (Å²) in [6.07, 6.45) is 2.37. The second kappa shape index (κ2) is 5.90. The summed E-state index contributed by atoms with van der Waals surface area (Å²) >= 11 is 15.2. The van der Waals surface area contributed by atoms with Gasteiger partial charge in [0.25, 0.3) is 0 Å². The summed E-state index contributed by atoms with van der Waals surface area (Å²) in [6, 6.07) is 3.04. The lowest BCUT2D eigenvalue weighted by Crippen LogP contribution is -2.29. The summed E-state index contributed by atoms with van der Waals surface area (Å²) in [6.45, 7) is 2.46. The summed E-state index contributed by atoms with van der Waals surface area (Å²) in [5.74, 6) is 0.973. The third kappa shape index (κ3) is 3.85. The quantitative estimate of drug-likeness (QED) is 0.828. The Kier molecular flexibility index (Phi) is 4.83. The Morgan fingerprint density at radius 3 is 2.37 bits per heavy atom. The largest absolute Gasteiger partial charge is 0.243 e. The van der Waals surface area contributed by atoms with Gasteiger partial charge in [-0.15, -0.1) is 0 Å². The Morgan fingerprint density at radius 1 is 1.37 bits per heavy atom. The summed E-state index contributed by atoms with van der Waals surface area (Å²) in [5.41, 5.74) is 0. The van der Waals surface area contributed by atoms with Gasteiger partial charge in [0, 0.05) is 11.0 Å². The van der Waals surface area contributed by atoms with Gasteiger partial charge in [0.05, 0.1) is 10.0 Å². The van der Waals surface area contributed by atoms with E-state index >= 15 is 0 Å². The molecule has 3 nitrogen and oxygen atoms in total. The molecule has 7 heteroatoms. The SMILES string of the molecule is CC(CNS(=O)(=O)c1c(Cl)cc(Br)cc1Cl)C1CC1. The van der Waals surface area contributed by atoms with Gasteiger partial charge in [-0.25, -0.2) is 13.1 Å². The van der Waals surface area contributed by atoms with Crippen molar-refractivity contribution < 1.29 is 8.42 Å². The molecule has 0 heterocycles. The number of hydrogen-bond donors (Lipinski definition) is 1. The van der Waals surface area contributed by atoms with Gasteiger partial charge in [0.15, 0.2) is 0 Å². The third-order valence-corrected chi connectivity index (χ3v) is 6.06. The summed E-state index contributed by atoms with van der Waals surface area (Å²) < 4.78 is 27.7. The fraction of sp³-hybridized carbons (Fsp3) is 0.500. The lowest BCUT2D eigenvalue weighted by Gasteiger charge is -2.14. The Morgan fingerprint density at radius 2 is 1.89 bits per heavy atom. The van der Waals surface area contributed by atoms with Crippen molar-refractivity contribution in [3.63, 3.8) is 0 Å². The molecule has 0 aromatic heterocycles. The van der Waals surface area contributed by atoms with E-state index in [1.165, 1.54) is 25.0 Å². The van der Waals surface area contributed by atoms with E-state index in [-0.39, 0.29) is 14.9 Å². The molecule has 106 valence electrons. The topological polar surface area (TPSA) is 46.2 Å². The van der Waals surface area contributed by atoms with Crippen molar-refractivity contribution in [2.24, 2.45) is 11.8 Å². The molecule has 1 unspecified atom stereocenters. The van der Waals surface area contributed by atoms with Gasteiger partial charge in [-0.05, 0) is 36.8 Å². The van der Waals surface area contributed by atoms with Crippen LogP contribution in [0.5, 0.6) is 0 Å². The van der Waals surface area contributed by atoms with Crippen molar-refractivity contribution in [1.82, 2.24) is 4.72 Å². The molecular weight excluding hydrogens is 373 g/mol. The summed E-state index contributed by atoms with van der Waals surface area (Å²) in [5, 5.41) is 0.233. The monoisotopic (exact) mass is 385 g/mol. The van der Waals surface area contributed by atoms with Crippen LogP contribution in [0.15, 0.2) is 21.5 Å². The zero-order chi connectivity index (χ0) is 14.2. The second-order valence-electron chi connectivity index (χ2n) is 4.87. The van der Waals surface area contributed by atoms with Crippen molar-refractivity contribution in [2.45, 2.75) is 24.7 Å². The maximum absolute atomic E-state index is 12.2. The average molecular weight is 387 g/mol. The number of rotatable bonds is 5. The second-order valence-corrected chi connectivity index (χ2v) is 8.30. The molecule has 19 heavy (non-hydrogen) atoms. The van der Waals surface area contributed by atoms with Gasteiger partial charge in [-0.1, -0.05) is 46.1 Å². The van der Waals surface area contributed by atoms with E-state index in [9.17, 15) is 8.42 Å². The first-order chi connectivity index (χ1) is 8.81. The van der Waals surface area contributed by atoms with Gasteiger partial charge in [0.2, 0.25) is 10.0 Å². The van der Waals surface area contributed by atoms with Gasteiger partial charge in [0.1, 0.15) is 4.90 Å². The van der Waals surface area contributed by atoms with E-state index in [1.807, 2.05) is 6.92 Å². The molecule has 1 saturated carbocycles. The number of sulfonamides is 1. The van der Waals surface area contributed by atoms with Crippen LogP contribution in [-0.2, 0) is 10.0 Å². The third-order valence-electron chi connectivity index (χ3n) is 3.25. The number of benzene rings is 1. The van der Waals surface area contributed by atoms with Gasteiger partial charge < -0.3 is 0 Å². The molecule has 0 saturated heterocycles. The predicted molar refractivity (Wildman–Crippen MR) is 81.2 cm³/mol. The minimum Gasteiger partial charge on any atom is -0.211 e. The number of hydrogen-bond acceptors (Lipinski definition) is 2. The maximum Gasteiger partial charge on any atom is 0.243 e. The molecule has 0 radical (unpaired) electrons. The maximum atomic E-state index is 12.2. The van der Waals surface area contributed by atoms with E-state index in [0.717, 1.165) is 0 Å². The first-order valence-electron chi connectivity index (χ1n) is 5.95. The van der Waals surface area contributed by atoms with E-state index in [0.29, 0.717) is 22.9 Å². The van der Waals surface area contributed by atoms with Crippen molar-refractivity contribution in [1.29, 1.82) is 0 Å². The molecular formula is C12H14BrCl2NO2S. The van der Waals surface area contributed by atoms with E-state index < -0.39 is 10.0 Å². The van der Waals surface area contributed by atoms with Crippen LogP contribution in [0.3, 0.4) is 0 Å². The van der Waals surface area contributed by atoms with Crippen molar-refractivity contribution in [3.8, 4) is 0 Å². The van der Waals surface area contributed by atoms with Crippen LogP contribution in [0.25, 0.3) is 0 Å². The first kappa shape index (κ1) is 15.6. The molecule has 0 spiro atoms.